The molecule has 9 heteroatoms. The lowest BCUT2D eigenvalue weighted by atomic mass is 10.2. The second-order valence-electron chi connectivity index (χ2n) is 7.75. The highest BCUT2D eigenvalue weighted by Gasteiger charge is 2.31. The van der Waals surface area contributed by atoms with Crippen LogP contribution in [0.2, 0.25) is 0 Å². The van der Waals surface area contributed by atoms with E-state index in [-0.39, 0.29) is 0 Å². The maximum Gasteiger partial charge on any atom is 0.223 e. The number of fused-ring (bicyclic) bond motifs is 4. The molecule has 29 heavy (non-hydrogen) atoms. The van der Waals surface area contributed by atoms with Crippen molar-refractivity contribution in [3.05, 3.63) is 39.6 Å². The number of nitrogen functional groups attached to an aromatic ring is 1. The molecule has 148 valence electrons. The molecule has 6 rings (SSSR count). The molecule has 8 nitrogen and oxygen atoms in total. The Balaban J connectivity index is 1.23. The van der Waals surface area contributed by atoms with Crippen molar-refractivity contribution in [2.45, 2.75) is 38.3 Å². The van der Waals surface area contributed by atoms with Crippen molar-refractivity contribution in [3.63, 3.8) is 0 Å². The van der Waals surface area contributed by atoms with E-state index in [2.05, 4.69) is 15.0 Å². The first kappa shape index (κ1) is 17.1. The summed E-state index contributed by atoms with van der Waals surface area (Å²) >= 11 is 1.90. The van der Waals surface area contributed by atoms with Crippen LogP contribution in [0, 0.1) is 0 Å². The van der Waals surface area contributed by atoms with Gasteiger partial charge in [-0.3, -0.25) is 4.90 Å². The lowest BCUT2D eigenvalue weighted by molar-refractivity contribution is 0.285. The minimum atomic E-state index is 0.316. The highest BCUT2D eigenvalue weighted by atomic mass is 32.1. The van der Waals surface area contributed by atoms with E-state index in [0.29, 0.717) is 17.2 Å². The summed E-state index contributed by atoms with van der Waals surface area (Å²) in [6.07, 6.45) is 3.39. The summed E-state index contributed by atoms with van der Waals surface area (Å²) in [5, 5.41) is 6.83. The van der Waals surface area contributed by atoms with Gasteiger partial charge in [0.1, 0.15) is 11.3 Å². The molecule has 1 aliphatic heterocycles. The Morgan fingerprint density at radius 3 is 2.90 bits per heavy atom. The number of hydrogen-bond donors (Lipinski definition) is 1. The van der Waals surface area contributed by atoms with Gasteiger partial charge in [-0.1, -0.05) is 6.07 Å². The monoisotopic (exact) mass is 407 g/mol. The number of benzene rings is 1. The fraction of sp³-hybridized carbons (Fsp3) is 0.400. The number of nitrogens with two attached hydrogens (primary N) is 1. The van der Waals surface area contributed by atoms with Crippen molar-refractivity contribution in [2.24, 2.45) is 0 Å². The lowest BCUT2D eigenvalue weighted by Crippen LogP contribution is -2.20. The maximum absolute atomic E-state index is 6.14. The molecule has 0 spiro atoms. The molecule has 2 N–H and O–H groups in total. The molecule has 1 aromatic carbocycles. The largest absolute Gasteiger partial charge is 0.494 e. The SMILES string of the molecule is COc1cccc2c1nc(N)n1nc(CCN3Cc4nc(C5CC5)sc4C3)nc21. The van der Waals surface area contributed by atoms with Crippen LogP contribution in [-0.4, -0.2) is 43.1 Å². The summed E-state index contributed by atoms with van der Waals surface area (Å²) in [5.41, 5.74) is 8.84. The predicted octanol–water partition coefficient (Wildman–Crippen LogP) is 2.76. The van der Waals surface area contributed by atoms with E-state index in [1.54, 1.807) is 11.6 Å². The van der Waals surface area contributed by atoms with Crippen molar-refractivity contribution in [1.82, 2.24) is 29.5 Å². The fourth-order valence-electron chi connectivity index (χ4n) is 3.98. The number of rotatable bonds is 5. The quantitative estimate of drug-likeness (QED) is 0.543. The second-order valence-corrected chi connectivity index (χ2v) is 8.86. The molecule has 3 aromatic heterocycles. The van der Waals surface area contributed by atoms with Crippen LogP contribution in [0.25, 0.3) is 16.6 Å². The predicted molar refractivity (Wildman–Crippen MR) is 111 cm³/mol. The van der Waals surface area contributed by atoms with Gasteiger partial charge in [0.15, 0.2) is 11.5 Å². The number of anilines is 1. The van der Waals surface area contributed by atoms with Crippen LogP contribution < -0.4 is 10.5 Å². The van der Waals surface area contributed by atoms with Gasteiger partial charge < -0.3 is 10.5 Å². The van der Waals surface area contributed by atoms with Gasteiger partial charge in [0.25, 0.3) is 0 Å². The van der Waals surface area contributed by atoms with Crippen molar-refractivity contribution in [1.29, 1.82) is 0 Å². The second kappa shape index (κ2) is 6.36. The smallest absolute Gasteiger partial charge is 0.223 e. The van der Waals surface area contributed by atoms with Gasteiger partial charge in [-0.25, -0.2) is 15.0 Å². The highest BCUT2D eigenvalue weighted by molar-refractivity contribution is 7.11. The Hall–Kier alpha value is -2.78. The van der Waals surface area contributed by atoms with Crippen molar-refractivity contribution in [3.8, 4) is 5.75 Å². The number of nitrogens with zero attached hydrogens (tertiary/aromatic N) is 6. The zero-order valence-corrected chi connectivity index (χ0v) is 16.9. The zero-order chi connectivity index (χ0) is 19.5. The molecule has 0 saturated heterocycles. The number of methoxy groups -OCH3 is 1. The fourth-order valence-corrected chi connectivity index (χ4v) is 5.27. The average molecular weight is 408 g/mol. The zero-order valence-electron chi connectivity index (χ0n) is 16.1. The van der Waals surface area contributed by atoms with E-state index in [0.717, 1.165) is 48.8 Å². The number of aromatic nitrogens is 5. The minimum absolute atomic E-state index is 0.316. The first-order chi connectivity index (χ1) is 14.2. The van der Waals surface area contributed by atoms with Crippen LogP contribution in [0.4, 0.5) is 5.95 Å². The summed E-state index contributed by atoms with van der Waals surface area (Å²) in [6, 6.07) is 5.77. The van der Waals surface area contributed by atoms with Crippen molar-refractivity contribution >= 4 is 33.8 Å². The van der Waals surface area contributed by atoms with E-state index in [9.17, 15) is 0 Å². The normalized spacial score (nSPS) is 16.7. The molecule has 1 fully saturated rings. The maximum atomic E-state index is 6.14. The average Bonchev–Trinajstić information content (AvgIpc) is 3.18. The van der Waals surface area contributed by atoms with E-state index in [4.69, 9.17) is 20.4 Å². The van der Waals surface area contributed by atoms with Gasteiger partial charge in [0.05, 0.1) is 17.8 Å². The van der Waals surface area contributed by atoms with Gasteiger partial charge in [-0.2, -0.15) is 4.52 Å². The molecule has 0 atom stereocenters. The molecular weight excluding hydrogens is 386 g/mol. The Labute approximate surface area is 171 Å². The molecule has 0 amide bonds. The summed E-state index contributed by atoms with van der Waals surface area (Å²) in [4.78, 5) is 17.9. The minimum Gasteiger partial charge on any atom is -0.494 e. The Bertz CT molecular complexity index is 1220. The lowest BCUT2D eigenvalue weighted by Gasteiger charge is -2.12. The molecule has 4 aromatic rings. The summed E-state index contributed by atoms with van der Waals surface area (Å²) < 4.78 is 7.04. The number of para-hydroxylation sites is 1. The Kier molecular flexibility index (Phi) is 3.75. The third-order valence-electron chi connectivity index (χ3n) is 5.67. The van der Waals surface area contributed by atoms with Crippen LogP contribution >= 0.6 is 11.3 Å². The highest BCUT2D eigenvalue weighted by Crippen LogP contribution is 2.44. The molecule has 1 aliphatic carbocycles. The first-order valence-corrected chi connectivity index (χ1v) is 10.7. The number of hydrogen-bond acceptors (Lipinski definition) is 8. The summed E-state index contributed by atoms with van der Waals surface area (Å²) in [7, 11) is 1.63. The van der Waals surface area contributed by atoms with E-state index in [1.807, 2.05) is 29.5 Å². The summed E-state index contributed by atoms with van der Waals surface area (Å²) in [6.45, 7) is 2.81. The Morgan fingerprint density at radius 1 is 1.21 bits per heavy atom. The Morgan fingerprint density at radius 2 is 2.10 bits per heavy atom. The van der Waals surface area contributed by atoms with Crippen LogP contribution in [0.5, 0.6) is 5.75 Å². The molecule has 0 radical (unpaired) electrons. The molecule has 0 unspecified atom stereocenters. The third-order valence-corrected chi connectivity index (χ3v) is 6.91. The molecule has 4 heterocycles. The van der Waals surface area contributed by atoms with Crippen LogP contribution in [-0.2, 0) is 19.5 Å². The van der Waals surface area contributed by atoms with Gasteiger partial charge in [0.2, 0.25) is 5.95 Å². The van der Waals surface area contributed by atoms with Crippen LogP contribution in [0.15, 0.2) is 18.2 Å². The van der Waals surface area contributed by atoms with E-state index in [1.165, 1.54) is 28.4 Å². The van der Waals surface area contributed by atoms with E-state index >= 15 is 0 Å². The standard InChI is InChI=1S/C20H21N7OS/c1-28-14-4-2-3-12-17(14)24-20(21)27-18(12)23-16(25-27)7-8-26-9-13-15(10-26)29-19(22-13)11-5-6-11/h2-4,11H,5-10H2,1H3,(H2,21,24). The van der Waals surface area contributed by atoms with Gasteiger partial charge in [-0.05, 0) is 25.0 Å². The van der Waals surface area contributed by atoms with Crippen LogP contribution in [0.3, 0.4) is 0 Å². The topological polar surface area (TPSA) is 94.5 Å². The van der Waals surface area contributed by atoms with E-state index < -0.39 is 0 Å². The first-order valence-electron chi connectivity index (χ1n) is 9.88. The van der Waals surface area contributed by atoms with Gasteiger partial charge in [0, 0.05) is 42.2 Å². The van der Waals surface area contributed by atoms with Crippen molar-refractivity contribution in [2.75, 3.05) is 19.4 Å². The molecule has 2 aliphatic rings. The number of ether oxygens (including phenoxy) is 1. The molecular formula is C20H21N7OS. The molecule has 0 bridgehead atoms. The third kappa shape index (κ3) is 2.84. The van der Waals surface area contributed by atoms with Crippen LogP contribution in [0.1, 0.15) is 40.2 Å². The van der Waals surface area contributed by atoms with Gasteiger partial charge in [-0.15, -0.1) is 16.4 Å². The summed E-state index contributed by atoms with van der Waals surface area (Å²) in [5.74, 6) is 2.52. The van der Waals surface area contributed by atoms with Gasteiger partial charge >= 0.3 is 0 Å². The van der Waals surface area contributed by atoms with Crippen molar-refractivity contribution < 1.29 is 4.74 Å². The number of thiazole rings is 1. The molecule has 1 saturated carbocycles.